The predicted octanol–water partition coefficient (Wildman–Crippen LogP) is 4.00. The molecule has 4 aromatic heterocycles. The van der Waals surface area contributed by atoms with Crippen molar-refractivity contribution in [2.45, 2.75) is 6.42 Å². The van der Waals surface area contributed by atoms with Gasteiger partial charge in [0.15, 0.2) is 5.65 Å². The number of benzene rings is 1. The summed E-state index contributed by atoms with van der Waals surface area (Å²) in [5.74, 6) is 0. The number of H-pyrrole nitrogens is 1. The fourth-order valence-electron chi connectivity index (χ4n) is 3.60. The number of nitrogens with one attached hydrogen (secondary N) is 1. The highest BCUT2D eigenvalue weighted by molar-refractivity contribution is 6.38. The van der Waals surface area contributed by atoms with Gasteiger partial charge >= 0.3 is 0 Å². The Kier molecular flexibility index (Phi) is 4.17. The molecule has 0 atom stereocenters. The molecule has 8 heteroatoms. The van der Waals surface area contributed by atoms with E-state index in [0.717, 1.165) is 40.0 Å². The van der Waals surface area contributed by atoms with E-state index < -0.39 is 0 Å². The van der Waals surface area contributed by atoms with E-state index in [1.54, 1.807) is 6.33 Å². The van der Waals surface area contributed by atoms with E-state index in [2.05, 4.69) is 31.4 Å². The van der Waals surface area contributed by atoms with E-state index in [9.17, 15) is 0 Å². The van der Waals surface area contributed by atoms with Gasteiger partial charge in [-0.05, 0) is 17.7 Å². The number of nitrogens with zero attached hydrogens (tertiary/aromatic N) is 6. The van der Waals surface area contributed by atoms with Gasteiger partial charge in [-0.15, -0.1) is 10.2 Å². The first-order chi connectivity index (χ1) is 14.1. The molecule has 0 fully saturated rings. The standard InChI is InChI=1S/C21H18ClN7/c1-28-9-5-8-16(28)20-17-18(22)19(24-26-21(17)27-25-20)15-7-4-3-6-13(15)10-14-11-23-12-29(14)2/h3-9,11-12H,10H2,1-2H3,(H,25,26,27). The van der Waals surface area contributed by atoms with Crippen molar-refractivity contribution in [3.05, 3.63) is 71.4 Å². The molecule has 144 valence electrons. The van der Waals surface area contributed by atoms with Gasteiger partial charge in [-0.25, -0.2) is 4.98 Å². The fourth-order valence-corrected chi connectivity index (χ4v) is 3.91. The average Bonchev–Trinajstić information content (AvgIpc) is 3.43. The number of hydrogen-bond acceptors (Lipinski definition) is 4. The zero-order valence-electron chi connectivity index (χ0n) is 16.0. The predicted molar refractivity (Wildman–Crippen MR) is 113 cm³/mol. The van der Waals surface area contributed by atoms with Crippen LogP contribution in [0.15, 0.2) is 55.1 Å². The van der Waals surface area contributed by atoms with Crippen molar-refractivity contribution in [3.8, 4) is 22.6 Å². The van der Waals surface area contributed by atoms with E-state index in [4.69, 9.17) is 11.6 Å². The third kappa shape index (κ3) is 2.91. The van der Waals surface area contributed by atoms with Crippen LogP contribution in [0.4, 0.5) is 0 Å². The summed E-state index contributed by atoms with van der Waals surface area (Å²) in [6.07, 6.45) is 6.37. The van der Waals surface area contributed by atoms with Gasteiger partial charge in [0, 0.05) is 44.2 Å². The molecule has 0 aliphatic rings. The van der Waals surface area contributed by atoms with Crippen LogP contribution in [0.3, 0.4) is 0 Å². The molecule has 4 heterocycles. The van der Waals surface area contributed by atoms with Crippen molar-refractivity contribution in [3.63, 3.8) is 0 Å². The molecular formula is C21H18ClN7. The lowest BCUT2D eigenvalue weighted by atomic mass is 9.99. The number of aromatic nitrogens is 7. The van der Waals surface area contributed by atoms with Crippen LogP contribution in [-0.4, -0.2) is 34.5 Å². The topological polar surface area (TPSA) is 77.2 Å². The Morgan fingerprint density at radius 1 is 1.00 bits per heavy atom. The summed E-state index contributed by atoms with van der Waals surface area (Å²) < 4.78 is 4.01. The van der Waals surface area contributed by atoms with Gasteiger partial charge in [0.05, 0.1) is 22.4 Å². The van der Waals surface area contributed by atoms with Gasteiger partial charge in [-0.3, -0.25) is 5.10 Å². The smallest absolute Gasteiger partial charge is 0.180 e. The number of fused-ring (bicyclic) bond motifs is 1. The number of halogens is 1. The van der Waals surface area contributed by atoms with Crippen LogP contribution in [0, 0.1) is 0 Å². The molecular weight excluding hydrogens is 386 g/mol. The van der Waals surface area contributed by atoms with E-state index in [1.807, 2.05) is 66.0 Å². The van der Waals surface area contributed by atoms with Gasteiger partial charge in [-0.1, -0.05) is 35.9 Å². The lowest BCUT2D eigenvalue weighted by Gasteiger charge is -2.11. The molecule has 29 heavy (non-hydrogen) atoms. The first kappa shape index (κ1) is 17.6. The number of aromatic amines is 1. The third-order valence-corrected chi connectivity index (χ3v) is 5.54. The normalized spacial score (nSPS) is 11.4. The lowest BCUT2D eigenvalue weighted by Crippen LogP contribution is -2.00. The summed E-state index contributed by atoms with van der Waals surface area (Å²) in [7, 11) is 3.96. The van der Waals surface area contributed by atoms with Crippen LogP contribution in [-0.2, 0) is 20.5 Å². The van der Waals surface area contributed by atoms with Gasteiger partial charge < -0.3 is 9.13 Å². The highest BCUT2D eigenvalue weighted by Gasteiger charge is 2.20. The molecule has 1 N–H and O–H groups in total. The number of imidazole rings is 1. The Balaban J connectivity index is 1.68. The molecule has 0 radical (unpaired) electrons. The summed E-state index contributed by atoms with van der Waals surface area (Å²) in [5, 5.41) is 17.5. The first-order valence-electron chi connectivity index (χ1n) is 9.19. The van der Waals surface area contributed by atoms with Gasteiger partial charge in [0.2, 0.25) is 0 Å². The van der Waals surface area contributed by atoms with E-state index in [-0.39, 0.29) is 0 Å². The summed E-state index contributed by atoms with van der Waals surface area (Å²) in [5.41, 5.74) is 6.10. The van der Waals surface area contributed by atoms with Gasteiger partial charge in [0.1, 0.15) is 11.4 Å². The van der Waals surface area contributed by atoms with Crippen LogP contribution < -0.4 is 0 Å². The molecule has 0 unspecified atom stereocenters. The van der Waals surface area contributed by atoms with Crippen molar-refractivity contribution in [2.75, 3.05) is 0 Å². The Morgan fingerprint density at radius 3 is 2.62 bits per heavy atom. The maximum Gasteiger partial charge on any atom is 0.180 e. The molecule has 5 aromatic rings. The molecule has 0 saturated carbocycles. The molecule has 0 amide bonds. The quantitative estimate of drug-likeness (QED) is 0.492. The van der Waals surface area contributed by atoms with E-state index >= 15 is 0 Å². The van der Waals surface area contributed by atoms with Gasteiger partial charge in [0.25, 0.3) is 0 Å². The van der Waals surface area contributed by atoms with Crippen LogP contribution in [0.5, 0.6) is 0 Å². The molecule has 0 aliphatic heterocycles. The van der Waals surface area contributed by atoms with E-state index in [0.29, 0.717) is 16.4 Å². The Morgan fingerprint density at radius 2 is 1.86 bits per heavy atom. The van der Waals surface area contributed by atoms with Crippen molar-refractivity contribution in [1.82, 2.24) is 34.5 Å². The summed E-state index contributed by atoms with van der Waals surface area (Å²) in [6, 6.07) is 12.1. The van der Waals surface area contributed by atoms with Gasteiger partial charge in [-0.2, -0.15) is 5.10 Å². The minimum Gasteiger partial charge on any atom is -0.349 e. The van der Waals surface area contributed by atoms with Crippen molar-refractivity contribution < 1.29 is 0 Å². The maximum absolute atomic E-state index is 6.89. The van der Waals surface area contributed by atoms with E-state index in [1.165, 1.54) is 0 Å². The van der Waals surface area contributed by atoms with Crippen LogP contribution >= 0.6 is 11.6 Å². The third-order valence-electron chi connectivity index (χ3n) is 5.17. The lowest BCUT2D eigenvalue weighted by molar-refractivity contribution is 0.845. The Bertz CT molecular complexity index is 1330. The Hall–Kier alpha value is -3.45. The molecule has 1 aromatic carbocycles. The van der Waals surface area contributed by atoms with Crippen LogP contribution in [0.2, 0.25) is 5.02 Å². The average molecular weight is 404 g/mol. The molecule has 5 rings (SSSR count). The second-order valence-corrected chi connectivity index (χ2v) is 7.37. The largest absolute Gasteiger partial charge is 0.349 e. The fraction of sp³-hybridized carbons (Fsp3) is 0.143. The summed E-state index contributed by atoms with van der Waals surface area (Å²) in [4.78, 5) is 4.21. The van der Waals surface area contributed by atoms with Crippen molar-refractivity contribution in [1.29, 1.82) is 0 Å². The molecule has 0 bridgehead atoms. The maximum atomic E-state index is 6.89. The molecule has 7 nitrogen and oxygen atoms in total. The highest BCUT2D eigenvalue weighted by atomic mass is 35.5. The number of aryl methyl sites for hydroxylation is 2. The molecule has 0 aliphatic carbocycles. The van der Waals surface area contributed by atoms with Crippen molar-refractivity contribution in [2.24, 2.45) is 14.1 Å². The molecule has 0 saturated heterocycles. The minimum atomic E-state index is 0.539. The van der Waals surface area contributed by atoms with Crippen LogP contribution in [0.1, 0.15) is 11.3 Å². The minimum absolute atomic E-state index is 0.539. The molecule has 0 spiro atoms. The van der Waals surface area contributed by atoms with Crippen LogP contribution in [0.25, 0.3) is 33.7 Å². The highest BCUT2D eigenvalue weighted by Crippen LogP contribution is 2.37. The number of rotatable bonds is 4. The zero-order valence-corrected chi connectivity index (χ0v) is 16.7. The summed E-state index contributed by atoms with van der Waals surface area (Å²) >= 11 is 6.89. The van der Waals surface area contributed by atoms with Crippen molar-refractivity contribution >= 4 is 22.6 Å². The second-order valence-electron chi connectivity index (χ2n) is 6.99. The monoisotopic (exact) mass is 403 g/mol. The second kappa shape index (κ2) is 6.86. The SMILES string of the molecule is Cn1cncc1Cc1ccccc1-c1nnc2[nH]nc(-c3cccn3C)c2c1Cl. The summed E-state index contributed by atoms with van der Waals surface area (Å²) in [6.45, 7) is 0. The zero-order chi connectivity index (χ0) is 20.0. The first-order valence-corrected chi connectivity index (χ1v) is 9.56. The number of hydrogen-bond donors (Lipinski definition) is 1. The Labute approximate surface area is 172 Å².